The molecule has 0 bridgehead atoms. The summed E-state index contributed by atoms with van der Waals surface area (Å²) in [5.74, 6) is -0.429. The Hall–Kier alpha value is -1.17. The molecule has 0 saturated carbocycles. The van der Waals surface area contributed by atoms with Gasteiger partial charge in [-0.3, -0.25) is 4.79 Å². The van der Waals surface area contributed by atoms with Crippen LogP contribution in [0.4, 0.5) is 4.39 Å². The van der Waals surface area contributed by atoms with Crippen molar-refractivity contribution in [2.75, 3.05) is 11.0 Å². The maximum atomic E-state index is 13.6. The van der Waals surface area contributed by atoms with Gasteiger partial charge < -0.3 is 5.32 Å². The van der Waals surface area contributed by atoms with Crippen molar-refractivity contribution in [3.05, 3.63) is 47.8 Å². The number of hydrogen-bond acceptors (Lipinski definition) is 1. The van der Waals surface area contributed by atoms with Crippen LogP contribution >= 0.6 is 22.6 Å². The van der Waals surface area contributed by atoms with Crippen LogP contribution in [0.1, 0.15) is 23.2 Å². The number of rotatable bonds is 5. The molecule has 0 spiro atoms. The van der Waals surface area contributed by atoms with E-state index in [0.717, 1.165) is 17.3 Å². The van der Waals surface area contributed by atoms with Crippen LogP contribution in [0.5, 0.6) is 0 Å². The predicted molar refractivity (Wildman–Crippen MR) is 84.4 cm³/mol. The van der Waals surface area contributed by atoms with E-state index in [1.165, 1.54) is 6.07 Å². The minimum Gasteiger partial charge on any atom is -0.352 e. The number of nitrogens with one attached hydrogen (secondary N) is 1. The molecule has 4 heteroatoms. The Morgan fingerprint density at radius 3 is 2.58 bits per heavy atom. The number of benzene rings is 2. The number of carbonyl (C=O) groups is 1. The molecule has 0 aliphatic rings. The molecule has 0 radical (unpaired) electrons. The SMILES string of the molecule is O=C(NCCCCI)c1ccc(F)c2ccccc12. The van der Waals surface area contributed by atoms with Gasteiger partial charge in [-0.1, -0.05) is 46.9 Å². The third kappa shape index (κ3) is 3.43. The highest BCUT2D eigenvalue weighted by atomic mass is 127. The summed E-state index contributed by atoms with van der Waals surface area (Å²) in [6.07, 6.45) is 2.05. The van der Waals surface area contributed by atoms with E-state index < -0.39 is 0 Å². The topological polar surface area (TPSA) is 29.1 Å². The van der Waals surface area contributed by atoms with E-state index in [2.05, 4.69) is 27.9 Å². The molecule has 0 aliphatic heterocycles. The summed E-state index contributed by atoms with van der Waals surface area (Å²) in [4.78, 5) is 12.1. The van der Waals surface area contributed by atoms with Crippen molar-refractivity contribution in [1.29, 1.82) is 0 Å². The fraction of sp³-hybridized carbons (Fsp3) is 0.267. The van der Waals surface area contributed by atoms with E-state index in [0.29, 0.717) is 22.9 Å². The minimum absolute atomic E-state index is 0.135. The van der Waals surface area contributed by atoms with E-state index >= 15 is 0 Å². The van der Waals surface area contributed by atoms with Crippen LogP contribution in [0.2, 0.25) is 0 Å². The fourth-order valence-electron chi connectivity index (χ4n) is 1.98. The molecule has 0 fully saturated rings. The van der Waals surface area contributed by atoms with E-state index in [9.17, 15) is 9.18 Å². The highest BCUT2D eigenvalue weighted by molar-refractivity contribution is 14.1. The van der Waals surface area contributed by atoms with Crippen molar-refractivity contribution < 1.29 is 9.18 Å². The number of unbranched alkanes of at least 4 members (excludes halogenated alkanes) is 1. The summed E-state index contributed by atoms with van der Waals surface area (Å²) in [7, 11) is 0. The van der Waals surface area contributed by atoms with Gasteiger partial charge in [0, 0.05) is 17.5 Å². The van der Waals surface area contributed by atoms with Gasteiger partial charge in [-0.2, -0.15) is 0 Å². The van der Waals surface area contributed by atoms with Crippen molar-refractivity contribution in [2.24, 2.45) is 0 Å². The van der Waals surface area contributed by atoms with Crippen LogP contribution in [0.3, 0.4) is 0 Å². The van der Waals surface area contributed by atoms with Gasteiger partial charge in [0.1, 0.15) is 5.82 Å². The Balaban J connectivity index is 2.20. The van der Waals surface area contributed by atoms with E-state index in [-0.39, 0.29) is 11.7 Å². The smallest absolute Gasteiger partial charge is 0.251 e. The lowest BCUT2D eigenvalue weighted by molar-refractivity contribution is 0.0955. The van der Waals surface area contributed by atoms with Crippen molar-refractivity contribution >= 4 is 39.3 Å². The van der Waals surface area contributed by atoms with Crippen LogP contribution in [0.15, 0.2) is 36.4 Å². The first-order chi connectivity index (χ1) is 9.24. The molecule has 0 aliphatic carbocycles. The molecule has 2 rings (SSSR count). The molecule has 1 N–H and O–H groups in total. The first kappa shape index (κ1) is 14.2. The summed E-state index contributed by atoms with van der Waals surface area (Å²) >= 11 is 2.32. The number of alkyl halides is 1. The highest BCUT2D eigenvalue weighted by Gasteiger charge is 2.11. The molecule has 0 unspecified atom stereocenters. The lowest BCUT2D eigenvalue weighted by Crippen LogP contribution is -2.24. The van der Waals surface area contributed by atoms with Crippen LogP contribution in [0, 0.1) is 5.82 Å². The van der Waals surface area contributed by atoms with Crippen LogP contribution in [0.25, 0.3) is 10.8 Å². The Kier molecular flexibility index (Phi) is 5.13. The average molecular weight is 371 g/mol. The van der Waals surface area contributed by atoms with Crippen molar-refractivity contribution in [1.82, 2.24) is 5.32 Å². The first-order valence-corrected chi connectivity index (χ1v) is 7.78. The van der Waals surface area contributed by atoms with Gasteiger partial charge in [-0.05, 0) is 34.8 Å². The predicted octanol–water partition coefficient (Wildman–Crippen LogP) is 3.92. The molecule has 1 amide bonds. The Labute approximate surface area is 125 Å². The average Bonchev–Trinajstić information content (AvgIpc) is 2.44. The molecular weight excluding hydrogens is 356 g/mol. The lowest BCUT2D eigenvalue weighted by Gasteiger charge is -2.08. The van der Waals surface area contributed by atoms with Crippen molar-refractivity contribution in [3.8, 4) is 0 Å². The zero-order valence-corrected chi connectivity index (χ0v) is 12.6. The maximum Gasteiger partial charge on any atom is 0.251 e. The number of hydrogen-bond donors (Lipinski definition) is 1. The molecule has 2 nitrogen and oxygen atoms in total. The van der Waals surface area contributed by atoms with Crippen molar-refractivity contribution in [2.45, 2.75) is 12.8 Å². The fourth-order valence-corrected chi connectivity index (χ4v) is 2.52. The third-order valence-corrected chi connectivity index (χ3v) is 3.72. The van der Waals surface area contributed by atoms with Gasteiger partial charge in [-0.25, -0.2) is 4.39 Å². The third-order valence-electron chi connectivity index (χ3n) is 2.96. The lowest BCUT2D eigenvalue weighted by atomic mass is 10.0. The summed E-state index contributed by atoms with van der Waals surface area (Å²) in [5.41, 5.74) is 0.534. The molecule has 2 aromatic carbocycles. The summed E-state index contributed by atoms with van der Waals surface area (Å²) in [5, 5.41) is 4.03. The van der Waals surface area contributed by atoms with Gasteiger partial charge >= 0.3 is 0 Å². The van der Waals surface area contributed by atoms with Gasteiger partial charge in [-0.15, -0.1) is 0 Å². The summed E-state index contributed by atoms with van der Waals surface area (Å²) in [6, 6.07) is 9.95. The normalized spacial score (nSPS) is 10.6. The second kappa shape index (κ2) is 6.84. The van der Waals surface area contributed by atoms with Gasteiger partial charge in [0.25, 0.3) is 5.91 Å². The van der Waals surface area contributed by atoms with E-state index in [1.807, 2.05) is 6.07 Å². The Bertz CT molecular complexity index is 585. The van der Waals surface area contributed by atoms with Crippen LogP contribution in [-0.4, -0.2) is 16.9 Å². The summed E-state index contributed by atoms with van der Waals surface area (Å²) < 4.78 is 14.7. The van der Waals surface area contributed by atoms with Crippen LogP contribution in [-0.2, 0) is 0 Å². The molecule has 0 aromatic heterocycles. The zero-order valence-electron chi connectivity index (χ0n) is 10.5. The van der Waals surface area contributed by atoms with E-state index in [1.54, 1.807) is 24.3 Å². The van der Waals surface area contributed by atoms with Gasteiger partial charge in [0.15, 0.2) is 0 Å². The largest absolute Gasteiger partial charge is 0.352 e. The second-order valence-electron chi connectivity index (χ2n) is 4.29. The first-order valence-electron chi connectivity index (χ1n) is 6.25. The quantitative estimate of drug-likeness (QED) is 0.482. The second-order valence-corrected chi connectivity index (χ2v) is 5.37. The maximum absolute atomic E-state index is 13.6. The zero-order chi connectivity index (χ0) is 13.7. The number of amides is 1. The molecule has 100 valence electrons. The molecule has 0 heterocycles. The monoisotopic (exact) mass is 371 g/mol. The van der Waals surface area contributed by atoms with Gasteiger partial charge in [0.2, 0.25) is 0 Å². The minimum atomic E-state index is -0.294. The van der Waals surface area contributed by atoms with Crippen LogP contribution < -0.4 is 5.32 Å². The Morgan fingerprint density at radius 1 is 1.11 bits per heavy atom. The molecule has 19 heavy (non-hydrogen) atoms. The number of fused-ring (bicyclic) bond motifs is 1. The highest BCUT2D eigenvalue weighted by Crippen LogP contribution is 2.21. The van der Waals surface area contributed by atoms with Crippen molar-refractivity contribution in [3.63, 3.8) is 0 Å². The number of halogens is 2. The van der Waals surface area contributed by atoms with Gasteiger partial charge in [0.05, 0.1) is 0 Å². The molecule has 0 saturated heterocycles. The standard InChI is InChI=1S/C15H15FINO/c16-14-8-7-13(11-5-1-2-6-12(11)14)15(19)18-10-4-3-9-17/h1-2,5-8H,3-4,9-10H2,(H,18,19). The van der Waals surface area contributed by atoms with E-state index in [4.69, 9.17) is 0 Å². The number of carbonyl (C=O) groups excluding carboxylic acids is 1. The Morgan fingerprint density at radius 2 is 1.84 bits per heavy atom. The molecule has 0 atom stereocenters. The molecule has 2 aromatic rings. The molecular formula is C15H15FINO. The summed E-state index contributed by atoms with van der Waals surface area (Å²) in [6.45, 7) is 0.660.